The molecule has 1 aromatic rings. The molecule has 0 unspecified atom stereocenters. The number of rotatable bonds is 0. The van der Waals surface area contributed by atoms with Crippen molar-refractivity contribution in [1.82, 2.24) is 0 Å². The first-order valence-corrected chi connectivity index (χ1v) is 4.74. The maximum atomic E-state index is 3.36. The van der Waals surface area contributed by atoms with Crippen LogP contribution >= 0.6 is 15.9 Å². The van der Waals surface area contributed by atoms with E-state index in [9.17, 15) is 0 Å². The van der Waals surface area contributed by atoms with Crippen LogP contribution in [-0.4, -0.2) is 22.5 Å². The van der Waals surface area contributed by atoms with Crippen LogP contribution in [0.5, 0.6) is 0 Å². The third kappa shape index (κ3) is 1.78. The van der Waals surface area contributed by atoms with Gasteiger partial charge in [-0.25, -0.2) is 0 Å². The summed E-state index contributed by atoms with van der Waals surface area (Å²) in [5.74, 6) is 0. The van der Waals surface area contributed by atoms with Crippen LogP contribution in [0.4, 0.5) is 0 Å². The molecule has 0 nitrogen and oxygen atoms in total. The van der Waals surface area contributed by atoms with E-state index in [2.05, 4.69) is 40.2 Å². The summed E-state index contributed by atoms with van der Waals surface area (Å²) in [5, 5.41) is 0. The quantitative estimate of drug-likeness (QED) is 0.619. The molecule has 0 saturated carbocycles. The normalized spacial score (nSPS) is 9.25. The molecule has 0 atom stereocenters. The number of hydrogen-bond donors (Lipinski definition) is 0. The van der Waals surface area contributed by atoms with Crippen molar-refractivity contribution in [3.63, 3.8) is 0 Å². The Kier molecular flexibility index (Phi) is 2.38. The first-order chi connectivity index (χ1) is 3.79. The molecule has 1 rings (SSSR count). The van der Waals surface area contributed by atoms with Crippen LogP contribution in [0.2, 0.25) is 0 Å². The number of benzene rings is 1. The van der Waals surface area contributed by atoms with Gasteiger partial charge >= 0.3 is 70.8 Å². The monoisotopic (exact) mass is 276 g/mol. The van der Waals surface area contributed by atoms with Gasteiger partial charge in [-0.3, -0.25) is 0 Å². The van der Waals surface area contributed by atoms with Crippen molar-refractivity contribution < 1.29 is 0 Å². The van der Waals surface area contributed by atoms with E-state index >= 15 is 0 Å². The topological polar surface area (TPSA) is 0 Å². The van der Waals surface area contributed by atoms with Crippen molar-refractivity contribution in [1.29, 1.82) is 0 Å². The van der Waals surface area contributed by atoms with E-state index in [-0.39, 0.29) is 0 Å². The van der Waals surface area contributed by atoms with Crippen molar-refractivity contribution in [2.24, 2.45) is 0 Å². The molecule has 8 heavy (non-hydrogen) atoms. The molecule has 0 aliphatic heterocycles. The predicted octanol–water partition coefficient (Wildman–Crippen LogP) is 0.975. The SMILES string of the molecule is Brc1cc[c]([SnH])cc1. The van der Waals surface area contributed by atoms with E-state index in [0.717, 1.165) is 4.47 Å². The standard InChI is InChI=1S/C6H4Br.Sn.H/c7-6-4-2-1-3-5-6;;/h2-5H;;. The first-order valence-electron chi connectivity index (χ1n) is 2.30. The van der Waals surface area contributed by atoms with Crippen LogP contribution in [0.3, 0.4) is 0 Å². The Balaban J connectivity index is 3.03. The van der Waals surface area contributed by atoms with Crippen LogP contribution in [0.15, 0.2) is 28.7 Å². The molecule has 1 aromatic carbocycles. The van der Waals surface area contributed by atoms with Crippen LogP contribution in [0.1, 0.15) is 0 Å². The Bertz CT molecular complexity index is 147. The summed E-state index contributed by atoms with van der Waals surface area (Å²) in [6, 6.07) is 8.40. The van der Waals surface area contributed by atoms with E-state index in [1.165, 1.54) is 26.1 Å². The van der Waals surface area contributed by atoms with Crippen molar-refractivity contribution in [3.8, 4) is 0 Å². The van der Waals surface area contributed by atoms with Crippen molar-refractivity contribution in [2.75, 3.05) is 0 Å². The Morgan fingerprint density at radius 3 is 2.00 bits per heavy atom. The zero-order valence-electron chi connectivity index (χ0n) is 4.26. The second kappa shape index (κ2) is 2.87. The van der Waals surface area contributed by atoms with Crippen molar-refractivity contribution in [2.45, 2.75) is 0 Å². The summed E-state index contributed by atoms with van der Waals surface area (Å²) in [4.78, 5) is 0. The fraction of sp³-hybridized carbons (Fsp3) is 0. The predicted molar refractivity (Wildman–Crippen MR) is 40.9 cm³/mol. The van der Waals surface area contributed by atoms with Gasteiger partial charge in [-0.05, 0) is 0 Å². The second-order valence-electron chi connectivity index (χ2n) is 1.55. The maximum absolute atomic E-state index is 3.36. The molecule has 0 fully saturated rings. The third-order valence-electron chi connectivity index (χ3n) is 0.870. The molecule has 0 aromatic heterocycles. The Morgan fingerprint density at radius 2 is 1.62 bits per heavy atom. The van der Waals surface area contributed by atoms with Crippen LogP contribution in [0, 0.1) is 0 Å². The van der Waals surface area contributed by atoms with Gasteiger partial charge in [-0.1, -0.05) is 0 Å². The van der Waals surface area contributed by atoms with E-state index in [1.807, 2.05) is 0 Å². The summed E-state index contributed by atoms with van der Waals surface area (Å²) in [7, 11) is 0. The molecule has 0 heterocycles. The van der Waals surface area contributed by atoms with Crippen molar-refractivity contribution in [3.05, 3.63) is 28.7 Å². The Hall–Kier alpha value is 0.499. The summed E-state index contributed by atoms with van der Waals surface area (Å²) >= 11 is 4.57. The van der Waals surface area contributed by atoms with E-state index < -0.39 is 0 Å². The Morgan fingerprint density at radius 1 is 1.12 bits per heavy atom. The minimum atomic E-state index is 1.16. The molecule has 2 heteroatoms. The number of hydrogen-bond acceptors (Lipinski definition) is 0. The van der Waals surface area contributed by atoms with Gasteiger partial charge in [0, 0.05) is 0 Å². The zero-order chi connectivity index (χ0) is 5.98. The molecular weight excluding hydrogens is 271 g/mol. The molecule has 0 spiro atoms. The van der Waals surface area contributed by atoms with Gasteiger partial charge in [0.05, 0.1) is 0 Å². The fourth-order valence-electron chi connectivity index (χ4n) is 0.463. The molecule has 0 amide bonds. The number of halogens is 1. The fourth-order valence-corrected chi connectivity index (χ4v) is 1.28. The van der Waals surface area contributed by atoms with Gasteiger partial charge < -0.3 is 0 Å². The molecule has 0 N–H and O–H groups in total. The molecule has 0 aliphatic rings. The molecule has 0 bridgehead atoms. The van der Waals surface area contributed by atoms with E-state index in [4.69, 9.17) is 0 Å². The van der Waals surface area contributed by atoms with Gasteiger partial charge in [-0.15, -0.1) is 0 Å². The Labute approximate surface area is 70.5 Å². The van der Waals surface area contributed by atoms with Crippen LogP contribution in [-0.2, 0) is 0 Å². The summed E-state index contributed by atoms with van der Waals surface area (Å²) in [6.07, 6.45) is 0. The molecular formula is C6H5BrSn. The average Bonchev–Trinajstić information content (AvgIpc) is 1.77. The van der Waals surface area contributed by atoms with Crippen LogP contribution in [0.25, 0.3) is 0 Å². The third-order valence-corrected chi connectivity index (χ3v) is 2.50. The van der Waals surface area contributed by atoms with Gasteiger partial charge in [0.2, 0.25) is 0 Å². The molecule has 40 valence electrons. The zero-order valence-corrected chi connectivity index (χ0v) is 9.15. The van der Waals surface area contributed by atoms with Gasteiger partial charge in [-0.2, -0.15) is 0 Å². The molecule has 0 saturated heterocycles. The van der Waals surface area contributed by atoms with Gasteiger partial charge in [0.15, 0.2) is 0 Å². The summed E-state index contributed by atoms with van der Waals surface area (Å²) in [6.45, 7) is 0. The van der Waals surface area contributed by atoms with E-state index in [1.54, 1.807) is 0 Å². The van der Waals surface area contributed by atoms with E-state index in [0.29, 0.717) is 0 Å². The van der Waals surface area contributed by atoms with Gasteiger partial charge in [0.25, 0.3) is 0 Å². The van der Waals surface area contributed by atoms with Crippen LogP contribution < -0.4 is 3.58 Å². The second-order valence-corrected chi connectivity index (χ2v) is 4.37. The summed E-state index contributed by atoms with van der Waals surface area (Å²) < 4.78 is 2.59. The minimum absolute atomic E-state index is 1.16. The van der Waals surface area contributed by atoms with Crippen molar-refractivity contribution >= 4 is 42.0 Å². The van der Waals surface area contributed by atoms with Gasteiger partial charge in [0.1, 0.15) is 0 Å². The summed E-state index contributed by atoms with van der Waals surface area (Å²) in [5.41, 5.74) is 0. The molecule has 0 aliphatic carbocycles. The first kappa shape index (κ1) is 6.62. The average molecular weight is 276 g/mol. The molecule has 2 radical (unpaired) electrons.